The van der Waals surface area contributed by atoms with Crippen molar-refractivity contribution < 1.29 is 38.5 Å². The summed E-state index contributed by atoms with van der Waals surface area (Å²) in [5, 5.41) is 5.41. The topological polar surface area (TPSA) is 125 Å². The third-order valence-electron chi connectivity index (χ3n) is 5.60. The molecule has 3 N–H and O–H groups in total. The fraction of sp³-hybridized carbons (Fsp3) is 0.519. The highest BCUT2D eigenvalue weighted by Crippen LogP contribution is 2.34. The Labute approximate surface area is 229 Å². The van der Waals surface area contributed by atoms with Crippen LogP contribution in [0.25, 0.3) is 10.1 Å². The Morgan fingerprint density at radius 3 is 2.34 bits per heavy atom. The number of carbonyl (C=O) groups is 3. The largest absolute Gasteiger partial charge is 0.464 e. The Bertz CT molecular complexity index is 1130. The van der Waals surface area contributed by atoms with Crippen LogP contribution in [0, 0.1) is 0 Å². The molecule has 0 bridgehead atoms. The summed E-state index contributed by atoms with van der Waals surface area (Å²) in [6.07, 6.45) is 5.01. The summed E-state index contributed by atoms with van der Waals surface area (Å²) in [5.74, 6) is -1.24. The van der Waals surface area contributed by atoms with Crippen molar-refractivity contribution in [2.24, 2.45) is 0 Å². The molecule has 0 radical (unpaired) electrons. The second kappa shape index (κ2) is 16.3. The molecule has 2 rings (SSSR count). The normalized spacial score (nSPS) is 13.0. The molecular formula is C27H39N2O7PS+2. The summed E-state index contributed by atoms with van der Waals surface area (Å²) in [6.45, 7) is 11.8. The van der Waals surface area contributed by atoms with Crippen molar-refractivity contribution in [1.82, 2.24) is 5.09 Å². The smallest absolute Gasteiger partial charge is 0.437 e. The quantitative estimate of drug-likeness (QED) is 0.0703. The van der Waals surface area contributed by atoms with Gasteiger partial charge in [0.15, 0.2) is 12.2 Å². The van der Waals surface area contributed by atoms with Gasteiger partial charge in [0.25, 0.3) is 0 Å². The molecule has 11 heteroatoms. The zero-order valence-electron chi connectivity index (χ0n) is 22.6. The Morgan fingerprint density at radius 2 is 1.71 bits per heavy atom. The first-order chi connectivity index (χ1) is 18.2. The molecule has 1 unspecified atom stereocenters. The van der Waals surface area contributed by atoms with Crippen molar-refractivity contribution in [2.45, 2.75) is 71.6 Å². The second-order valence-corrected chi connectivity index (χ2v) is 11.4. The van der Waals surface area contributed by atoms with Gasteiger partial charge in [-0.15, -0.1) is 11.3 Å². The van der Waals surface area contributed by atoms with E-state index in [4.69, 9.17) is 14.2 Å². The Hall–Kier alpha value is -2.65. The molecule has 0 aliphatic heterocycles. The summed E-state index contributed by atoms with van der Waals surface area (Å²) in [7, 11) is -2.02. The molecule has 208 valence electrons. The van der Waals surface area contributed by atoms with Crippen molar-refractivity contribution in [3.8, 4) is 0 Å². The standard InChI is InChI=1S/C27H37N2O7PS/c1-6-9-12-35-25(30)18(4)28-22-16-23-20(15-24(38-23)27(32)34-11-8-3)14-21(22)17-37(33)29-19(5)26(31)36-13-10-7-2/h8,14-16,18-19H,3,6-7,9-13,17H2,1-2,4-5H3,(H-,28,29,32,33)/p+2/t18-,19-/m0/s1. The van der Waals surface area contributed by atoms with Crippen molar-refractivity contribution >= 4 is 53.0 Å². The second-order valence-electron chi connectivity index (χ2n) is 8.97. The average molecular weight is 567 g/mol. The Balaban J connectivity index is 2.26. The van der Waals surface area contributed by atoms with E-state index in [1.54, 1.807) is 25.2 Å². The van der Waals surface area contributed by atoms with Crippen molar-refractivity contribution in [3.63, 3.8) is 0 Å². The Morgan fingerprint density at radius 1 is 1.05 bits per heavy atom. The number of unbranched alkanes of at least 4 members (excludes halogenated alkanes) is 2. The van der Waals surface area contributed by atoms with Crippen LogP contribution in [-0.4, -0.2) is 49.8 Å². The fourth-order valence-electron chi connectivity index (χ4n) is 3.45. The van der Waals surface area contributed by atoms with Crippen LogP contribution in [0.5, 0.6) is 0 Å². The lowest BCUT2D eigenvalue weighted by atomic mass is 10.1. The molecule has 0 spiro atoms. The average Bonchev–Trinajstić information content (AvgIpc) is 3.30. The summed E-state index contributed by atoms with van der Waals surface area (Å²) in [5.41, 5.74) is 1.43. The van der Waals surface area contributed by atoms with E-state index in [9.17, 15) is 18.9 Å². The summed E-state index contributed by atoms with van der Waals surface area (Å²) in [4.78, 5) is 37.5. The third-order valence-corrected chi connectivity index (χ3v) is 7.98. The molecule has 3 atom stereocenters. The minimum Gasteiger partial charge on any atom is -0.464 e. The zero-order valence-corrected chi connectivity index (χ0v) is 24.3. The molecule has 1 heterocycles. The van der Waals surface area contributed by atoms with Gasteiger partial charge in [-0.2, -0.15) is 0 Å². The van der Waals surface area contributed by atoms with Crippen molar-refractivity contribution in [1.29, 1.82) is 0 Å². The first-order valence-corrected chi connectivity index (χ1v) is 15.2. The number of nitrogens with one attached hydrogen (secondary N) is 1. The number of ether oxygens (including phenoxy) is 3. The number of benzene rings is 1. The van der Waals surface area contributed by atoms with Gasteiger partial charge >= 0.3 is 25.9 Å². The molecule has 0 aliphatic rings. The molecule has 0 amide bonds. The van der Waals surface area contributed by atoms with Gasteiger partial charge in [-0.05, 0) is 48.8 Å². The van der Waals surface area contributed by atoms with Crippen molar-refractivity contribution in [3.05, 3.63) is 41.3 Å². The molecule has 1 aromatic heterocycles. The van der Waals surface area contributed by atoms with E-state index >= 15 is 0 Å². The fourth-order valence-corrected chi connectivity index (χ4v) is 5.64. The minimum absolute atomic E-state index is 0.111. The summed E-state index contributed by atoms with van der Waals surface area (Å²) >= 11 is 1.28. The number of esters is 3. The maximum absolute atomic E-state index is 13.0. The van der Waals surface area contributed by atoms with Gasteiger partial charge in [-0.1, -0.05) is 44.4 Å². The van der Waals surface area contributed by atoms with Crippen LogP contribution in [0.1, 0.15) is 68.6 Å². The van der Waals surface area contributed by atoms with E-state index in [0.717, 1.165) is 41.3 Å². The summed E-state index contributed by atoms with van der Waals surface area (Å²) < 4.78 is 29.6. The molecule has 0 aliphatic carbocycles. The maximum atomic E-state index is 13.0. The number of rotatable bonds is 17. The maximum Gasteiger partial charge on any atom is 0.437 e. The van der Waals surface area contributed by atoms with Crippen LogP contribution < -0.4 is 10.4 Å². The lowest BCUT2D eigenvalue weighted by molar-refractivity contribution is -0.595. The van der Waals surface area contributed by atoms with E-state index in [-0.39, 0.29) is 18.7 Å². The lowest BCUT2D eigenvalue weighted by Crippen LogP contribution is -2.86. The summed E-state index contributed by atoms with van der Waals surface area (Å²) in [6, 6.07) is 4.21. The number of nitrogens with two attached hydrogens (primary N) is 1. The molecule has 0 saturated heterocycles. The van der Waals surface area contributed by atoms with Crippen LogP contribution in [0.4, 0.5) is 5.69 Å². The minimum atomic E-state index is -2.02. The predicted octanol–water partition coefficient (Wildman–Crippen LogP) is 4.73. The number of fused-ring (bicyclic) bond motifs is 1. The van der Waals surface area contributed by atoms with Gasteiger partial charge in [0, 0.05) is 10.8 Å². The monoisotopic (exact) mass is 566 g/mol. The number of quaternary nitrogens is 1. The van der Waals surface area contributed by atoms with Crippen LogP contribution in [0.3, 0.4) is 0 Å². The van der Waals surface area contributed by atoms with Gasteiger partial charge in [0.05, 0.1) is 18.8 Å². The Kier molecular flexibility index (Phi) is 13.6. The van der Waals surface area contributed by atoms with E-state index < -0.39 is 32.0 Å². The molecule has 2 aromatic rings. The predicted molar refractivity (Wildman–Crippen MR) is 149 cm³/mol. The molecule has 0 saturated carbocycles. The van der Waals surface area contributed by atoms with Gasteiger partial charge < -0.3 is 19.5 Å². The molecule has 0 fully saturated rings. The van der Waals surface area contributed by atoms with Gasteiger partial charge in [-0.3, -0.25) is 4.79 Å². The SMILES string of the molecule is C=CCOC(=O)c1cc2cc(C[P+](=O)N[C@@H](C)C(=O)OCCCC)c([NH2+][C@@H](C)C(=O)OCCCC)cc2s1. The number of carbonyl (C=O) groups excluding carboxylic acids is 3. The van der Waals surface area contributed by atoms with Crippen molar-refractivity contribution in [2.75, 3.05) is 19.8 Å². The molecule has 9 nitrogen and oxygen atoms in total. The van der Waals surface area contributed by atoms with E-state index in [1.807, 2.05) is 26.0 Å². The highest BCUT2D eigenvalue weighted by atomic mass is 32.1. The van der Waals surface area contributed by atoms with Gasteiger partial charge in [0.2, 0.25) is 0 Å². The number of thiophene rings is 1. The lowest BCUT2D eigenvalue weighted by Gasteiger charge is -2.12. The van der Waals surface area contributed by atoms with Gasteiger partial charge in [0.1, 0.15) is 23.2 Å². The zero-order chi connectivity index (χ0) is 28.1. The number of hydrogen-bond acceptors (Lipinski definition) is 8. The van der Waals surface area contributed by atoms with Crippen LogP contribution >= 0.6 is 19.3 Å². The first kappa shape index (κ1) is 31.6. The molecule has 1 aromatic carbocycles. The highest BCUT2D eigenvalue weighted by Gasteiger charge is 2.29. The number of hydrogen-bond donors (Lipinski definition) is 2. The van der Waals surface area contributed by atoms with E-state index in [1.165, 1.54) is 17.4 Å². The van der Waals surface area contributed by atoms with E-state index in [0.29, 0.717) is 23.8 Å². The third kappa shape index (κ3) is 9.91. The van der Waals surface area contributed by atoms with Crippen LogP contribution in [0.15, 0.2) is 30.9 Å². The van der Waals surface area contributed by atoms with Crippen LogP contribution in [-0.2, 0) is 34.5 Å². The molecular weight excluding hydrogens is 527 g/mol. The first-order valence-electron chi connectivity index (χ1n) is 12.9. The molecule has 38 heavy (non-hydrogen) atoms. The van der Waals surface area contributed by atoms with Gasteiger partial charge in [-0.25, -0.2) is 9.59 Å². The highest BCUT2D eigenvalue weighted by molar-refractivity contribution is 7.41. The van der Waals surface area contributed by atoms with E-state index in [2.05, 4.69) is 11.7 Å². The van der Waals surface area contributed by atoms with Crippen LogP contribution in [0.2, 0.25) is 0 Å².